The standard InChI is InChI=1S/C41H38Cl2N6O2/c1-24-8-7-19-49-38(27-12-14-28(42)15-13-27)31-22-29(43)23-33-35(31)36(39(49)34(24)26-9-4-3-5-10-26)37(46-33)41(51)47-32-11-6-18-44-40(32)48-20-16-30(17-21-48)45-25(2)50/h3-7,9-15,18-19,22-24,30,38,46H,8,16-17,20-21H2,1-2H3,(H,45,50)(H,47,51). The summed E-state index contributed by atoms with van der Waals surface area (Å²) in [5.74, 6) is 0.583. The summed E-state index contributed by atoms with van der Waals surface area (Å²) in [6.45, 7) is 5.22. The van der Waals surface area contributed by atoms with Crippen LogP contribution in [0.5, 0.6) is 0 Å². The van der Waals surface area contributed by atoms with Gasteiger partial charge >= 0.3 is 0 Å². The third kappa shape index (κ3) is 6.17. The smallest absolute Gasteiger partial charge is 0.272 e. The van der Waals surface area contributed by atoms with Crippen LogP contribution in [0.4, 0.5) is 11.5 Å². The number of hydrogen-bond donors (Lipinski definition) is 3. The van der Waals surface area contributed by atoms with Gasteiger partial charge in [-0.3, -0.25) is 9.59 Å². The fourth-order valence-electron chi connectivity index (χ4n) is 8.00. The average molecular weight is 718 g/mol. The SMILES string of the molecule is CC(=O)NC1CCN(c2ncccc2NC(=O)c2[nH]c3cc(Cl)cc4c3c2C2=C(c3ccccc3)C(C)CC=CN2C4c2ccc(Cl)cc2)CC1. The molecule has 8 rings (SSSR count). The Hall–Kier alpha value is -5.05. The summed E-state index contributed by atoms with van der Waals surface area (Å²) in [4.78, 5) is 39.1. The number of pyridine rings is 1. The van der Waals surface area contributed by atoms with Crippen molar-refractivity contribution < 1.29 is 9.59 Å². The maximum atomic E-state index is 14.7. The number of benzene rings is 3. The number of nitrogens with zero attached hydrogens (tertiary/aromatic N) is 3. The maximum absolute atomic E-state index is 14.7. The van der Waals surface area contributed by atoms with E-state index in [1.54, 1.807) is 13.1 Å². The minimum Gasteiger partial charge on any atom is -0.355 e. The highest BCUT2D eigenvalue weighted by Crippen LogP contribution is 2.53. The predicted molar refractivity (Wildman–Crippen MR) is 206 cm³/mol. The van der Waals surface area contributed by atoms with Crippen LogP contribution in [0, 0.1) is 5.92 Å². The summed E-state index contributed by atoms with van der Waals surface area (Å²) in [7, 11) is 0. The van der Waals surface area contributed by atoms with Gasteiger partial charge in [0.2, 0.25) is 5.91 Å². The molecule has 2 unspecified atom stereocenters. The Labute approximate surface area is 307 Å². The Morgan fingerprint density at radius 3 is 2.45 bits per heavy atom. The number of rotatable bonds is 6. The second-order valence-corrected chi connectivity index (χ2v) is 14.5. The van der Waals surface area contributed by atoms with E-state index in [-0.39, 0.29) is 29.8 Å². The number of aromatic amines is 1. The number of carbonyl (C=O) groups excluding carboxylic acids is 2. The van der Waals surface area contributed by atoms with Crippen LogP contribution in [-0.2, 0) is 4.79 Å². The molecule has 2 amide bonds. The number of anilines is 2. The molecule has 3 aliphatic heterocycles. The van der Waals surface area contributed by atoms with Crippen molar-refractivity contribution in [1.29, 1.82) is 0 Å². The predicted octanol–water partition coefficient (Wildman–Crippen LogP) is 9.05. The summed E-state index contributed by atoms with van der Waals surface area (Å²) in [6.07, 6.45) is 8.56. The highest BCUT2D eigenvalue weighted by molar-refractivity contribution is 6.32. The monoisotopic (exact) mass is 716 g/mol. The number of fused-ring (bicyclic) bond motifs is 2. The first-order chi connectivity index (χ1) is 24.8. The fraction of sp³-hybridized carbons (Fsp3) is 0.244. The molecule has 0 saturated carbocycles. The Morgan fingerprint density at radius 2 is 1.71 bits per heavy atom. The molecule has 8 nitrogen and oxygen atoms in total. The van der Waals surface area contributed by atoms with Gasteiger partial charge in [-0.2, -0.15) is 0 Å². The molecule has 5 aromatic rings. The van der Waals surface area contributed by atoms with E-state index in [1.807, 2.05) is 42.5 Å². The Bertz CT molecular complexity index is 2200. The van der Waals surface area contributed by atoms with Crippen molar-refractivity contribution >= 4 is 68.7 Å². The van der Waals surface area contributed by atoms with Gasteiger partial charge in [-0.1, -0.05) is 78.7 Å². The Kier molecular flexibility index (Phi) is 8.82. The number of hydrogen-bond acceptors (Lipinski definition) is 5. The minimum atomic E-state index is -0.267. The van der Waals surface area contributed by atoms with Crippen LogP contribution < -0.4 is 15.5 Å². The van der Waals surface area contributed by atoms with E-state index >= 15 is 0 Å². The number of halogens is 2. The van der Waals surface area contributed by atoms with Crippen LogP contribution >= 0.6 is 23.2 Å². The number of amides is 2. The fourth-order valence-corrected chi connectivity index (χ4v) is 8.35. The lowest BCUT2D eigenvalue weighted by molar-refractivity contribution is -0.119. The average Bonchev–Trinajstić information content (AvgIpc) is 3.41. The molecule has 3 N–H and O–H groups in total. The summed E-state index contributed by atoms with van der Waals surface area (Å²) in [6, 6.07) is 26.0. The van der Waals surface area contributed by atoms with E-state index < -0.39 is 0 Å². The van der Waals surface area contributed by atoms with Crippen LogP contribution in [0.1, 0.15) is 71.9 Å². The number of carbonyl (C=O) groups is 2. The second-order valence-electron chi connectivity index (χ2n) is 13.6. The van der Waals surface area contributed by atoms with Crippen LogP contribution in [-0.4, -0.2) is 45.8 Å². The summed E-state index contributed by atoms with van der Waals surface area (Å²) in [5.41, 5.74) is 8.05. The van der Waals surface area contributed by atoms with Crippen molar-refractivity contribution in [1.82, 2.24) is 20.2 Å². The molecule has 0 bridgehead atoms. The lowest BCUT2D eigenvalue weighted by Gasteiger charge is -2.39. The maximum Gasteiger partial charge on any atom is 0.272 e. The molecule has 51 heavy (non-hydrogen) atoms. The molecule has 2 aromatic heterocycles. The molecule has 1 saturated heterocycles. The number of aromatic nitrogens is 2. The molecule has 0 radical (unpaired) electrons. The third-order valence-electron chi connectivity index (χ3n) is 10.2. The van der Waals surface area contributed by atoms with Gasteiger partial charge in [0.25, 0.3) is 5.91 Å². The zero-order chi connectivity index (χ0) is 35.2. The van der Waals surface area contributed by atoms with Crippen molar-refractivity contribution in [3.05, 3.63) is 135 Å². The van der Waals surface area contributed by atoms with Crippen LogP contribution in [0.3, 0.4) is 0 Å². The molecule has 3 aromatic carbocycles. The topological polar surface area (TPSA) is 93.4 Å². The number of allylic oxidation sites excluding steroid dienone is 2. The molecular weight excluding hydrogens is 679 g/mol. The molecule has 0 aliphatic carbocycles. The van der Waals surface area contributed by atoms with Gasteiger partial charge in [0.1, 0.15) is 5.69 Å². The summed E-state index contributed by atoms with van der Waals surface area (Å²) < 4.78 is 0. The molecule has 2 atom stereocenters. The zero-order valence-electron chi connectivity index (χ0n) is 28.4. The van der Waals surface area contributed by atoms with Crippen molar-refractivity contribution in [2.45, 2.75) is 45.2 Å². The van der Waals surface area contributed by atoms with Gasteiger partial charge in [-0.05, 0) is 83.8 Å². The van der Waals surface area contributed by atoms with Crippen molar-refractivity contribution in [2.24, 2.45) is 5.92 Å². The van der Waals surface area contributed by atoms with Crippen molar-refractivity contribution in [3.8, 4) is 0 Å². The van der Waals surface area contributed by atoms with Crippen LogP contribution in [0.15, 0.2) is 97.3 Å². The van der Waals surface area contributed by atoms with E-state index in [0.29, 0.717) is 40.3 Å². The van der Waals surface area contributed by atoms with Gasteiger partial charge in [-0.25, -0.2) is 4.98 Å². The quantitative estimate of drug-likeness (QED) is 0.163. The Morgan fingerprint density at radius 1 is 0.941 bits per heavy atom. The summed E-state index contributed by atoms with van der Waals surface area (Å²) >= 11 is 13.2. The first-order valence-corrected chi connectivity index (χ1v) is 18.2. The van der Waals surface area contributed by atoms with Gasteiger partial charge in [0.15, 0.2) is 5.82 Å². The van der Waals surface area contributed by atoms with E-state index in [9.17, 15) is 9.59 Å². The van der Waals surface area contributed by atoms with Crippen LogP contribution in [0.2, 0.25) is 10.0 Å². The van der Waals surface area contributed by atoms with E-state index in [4.69, 9.17) is 28.2 Å². The first-order valence-electron chi connectivity index (χ1n) is 17.4. The van der Waals surface area contributed by atoms with Crippen molar-refractivity contribution in [3.63, 3.8) is 0 Å². The van der Waals surface area contributed by atoms with Gasteiger partial charge in [0, 0.05) is 65.0 Å². The van der Waals surface area contributed by atoms with Gasteiger partial charge in [-0.15, -0.1) is 0 Å². The summed E-state index contributed by atoms with van der Waals surface area (Å²) in [5, 5.41) is 8.49. The zero-order valence-corrected chi connectivity index (χ0v) is 29.9. The molecule has 5 heterocycles. The van der Waals surface area contributed by atoms with Gasteiger partial charge < -0.3 is 25.4 Å². The number of nitrogens with one attached hydrogen (secondary N) is 3. The lowest BCUT2D eigenvalue weighted by Crippen LogP contribution is -2.44. The molecule has 1 fully saturated rings. The van der Waals surface area contributed by atoms with Crippen molar-refractivity contribution in [2.75, 3.05) is 23.3 Å². The van der Waals surface area contributed by atoms with E-state index in [0.717, 1.165) is 58.1 Å². The number of piperidine rings is 1. The van der Waals surface area contributed by atoms with E-state index in [2.05, 4.69) is 81.0 Å². The highest BCUT2D eigenvalue weighted by Gasteiger charge is 2.40. The lowest BCUT2D eigenvalue weighted by atomic mass is 9.82. The third-order valence-corrected chi connectivity index (χ3v) is 10.7. The first kappa shape index (κ1) is 33.1. The highest BCUT2D eigenvalue weighted by atomic mass is 35.5. The molecular formula is C41H38Cl2N6O2. The largest absolute Gasteiger partial charge is 0.355 e. The normalized spacial score (nSPS) is 18.8. The van der Waals surface area contributed by atoms with Gasteiger partial charge in [0.05, 0.1) is 17.4 Å². The minimum absolute atomic E-state index is 0.0203. The number of H-pyrrole nitrogens is 1. The molecule has 258 valence electrons. The molecule has 3 aliphatic rings. The molecule has 0 spiro atoms. The second kappa shape index (κ2) is 13.6. The van der Waals surface area contributed by atoms with Crippen LogP contribution in [0.25, 0.3) is 22.2 Å². The Balaban J connectivity index is 1.29. The van der Waals surface area contributed by atoms with E-state index in [1.165, 1.54) is 5.57 Å². The molecule has 10 heteroatoms.